The number of pyridine rings is 1. The Balaban J connectivity index is 2.19. The molecule has 1 aliphatic rings. The van der Waals surface area contributed by atoms with Gasteiger partial charge in [0.2, 0.25) is 0 Å². The molecular formula is C12H9F3N4. The Labute approximate surface area is 106 Å². The molecule has 0 aliphatic carbocycles. The highest BCUT2D eigenvalue weighted by Crippen LogP contribution is 2.34. The highest BCUT2D eigenvalue weighted by atomic mass is 19.4. The first-order valence-electron chi connectivity index (χ1n) is 5.64. The molecule has 0 saturated carbocycles. The summed E-state index contributed by atoms with van der Waals surface area (Å²) >= 11 is 0. The Morgan fingerprint density at radius 3 is 2.68 bits per heavy atom. The third-order valence-electron chi connectivity index (χ3n) is 2.88. The topological polar surface area (TPSA) is 50.7 Å². The van der Waals surface area contributed by atoms with Crippen molar-refractivity contribution < 1.29 is 13.2 Å². The van der Waals surface area contributed by atoms with Crippen LogP contribution in [0.4, 0.5) is 13.2 Å². The van der Waals surface area contributed by atoms with E-state index in [9.17, 15) is 13.2 Å². The highest BCUT2D eigenvalue weighted by Gasteiger charge is 2.38. The summed E-state index contributed by atoms with van der Waals surface area (Å²) in [5, 5.41) is 2.86. The fourth-order valence-corrected chi connectivity index (χ4v) is 2.03. The van der Waals surface area contributed by atoms with Gasteiger partial charge in [-0.3, -0.25) is 4.98 Å². The molecule has 0 amide bonds. The molecule has 2 aromatic heterocycles. The predicted octanol–water partition coefficient (Wildman–Crippen LogP) is 2.16. The van der Waals surface area contributed by atoms with Gasteiger partial charge in [0.05, 0.1) is 5.69 Å². The zero-order chi connectivity index (χ0) is 13.5. The molecule has 7 heteroatoms. The van der Waals surface area contributed by atoms with Gasteiger partial charge in [0.15, 0.2) is 11.5 Å². The molecule has 0 radical (unpaired) electrons. The zero-order valence-electron chi connectivity index (χ0n) is 9.70. The molecule has 98 valence electrons. The smallest absolute Gasteiger partial charge is 0.307 e. The van der Waals surface area contributed by atoms with Crippen LogP contribution in [0.25, 0.3) is 11.4 Å². The predicted molar refractivity (Wildman–Crippen MR) is 60.8 cm³/mol. The van der Waals surface area contributed by atoms with Crippen molar-refractivity contribution in [2.75, 3.05) is 0 Å². The van der Waals surface area contributed by atoms with Gasteiger partial charge in [-0.25, -0.2) is 9.97 Å². The number of alkyl halides is 3. The van der Waals surface area contributed by atoms with Gasteiger partial charge in [-0.15, -0.1) is 0 Å². The van der Waals surface area contributed by atoms with Gasteiger partial charge in [-0.2, -0.15) is 13.2 Å². The lowest BCUT2D eigenvalue weighted by molar-refractivity contribution is -0.141. The SMILES string of the molecule is FC(F)(F)c1nc(-c2cccnc2)nc2c1CNC2. The number of nitrogens with zero attached hydrogens (tertiary/aromatic N) is 3. The minimum absolute atomic E-state index is 0.0582. The van der Waals surface area contributed by atoms with Gasteiger partial charge in [0.25, 0.3) is 0 Å². The molecule has 0 unspecified atom stereocenters. The van der Waals surface area contributed by atoms with Crippen LogP contribution >= 0.6 is 0 Å². The van der Waals surface area contributed by atoms with Crippen LogP contribution in [0.2, 0.25) is 0 Å². The molecular weight excluding hydrogens is 257 g/mol. The molecule has 0 fully saturated rings. The second-order valence-corrected chi connectivity index (χ2v) is 4.16. The lowest BCUT2D eigenvalue weighted by Crippen LogP contribution is -2.14. The average molecular weight is 266 g/mol. The minimum Gasteiger partial charge on any atom is -0.307 e. The van der Waals surface area contributed by atoms with E-state index in [4.69, 9.17) is 0 Å². The van der Waals surface area contributed by atoms with E-state index < -0.39 is 11.9 Å². The monoisotopic (exact) mass is 266 g/mol. The molecule has 1 N–H and O–H groups in total. The molecule has 0 saturated heterocycles. The first-order valence-corrected chi connectivity index (χ1v) is 5.64. The summed E-state index contributed by atoms with van der Waals surface area (Å²) in [7, 11) is 0. The van der Waals surface area contributed by atoms with Gasteiger partial charge < -0.3 is 5.32 Å². The molecule has 2 aromatic rings. The van der Waals surface area contributed by atoms with Crippen LogP contribution < -0.4 is 5.32 Å². The quantitative estimate of drug-likeness (QED) is 0.859. The summed E-state index contributed by atoms with van der Waals surface area (Å²) < 4.78 is 39.0. The van der Waals surface area contributed by atoms with Gasteiger partial charge in [0, 0.05) is 36.6 Å². The normalized spacial score (nSPS) is 14.5. The van der Waals surface area contributed by atoms with Gasteiger partial charge >= 0.3 is 6.18 Å². The number of halogens is 3. The van der Waals surface area contributed by atoms with Gasteiger partial charge in [0.1, 0.15) is 0 Å². The van der Waals surface area contributed by atoms with Crippen molar-refractivity contribution in [2.24, 2.45) is 0 Å². The Bertz CT molecular complexity index is 610. The van der Waals surface area contributed by atoms with E-state index >= 15 is 0 Å². The van der Waals surface area contributed by atoms with Crippen molar-refractivity contribution in [1.29, 1.82) is 0 Å². The number of nitrogens with one attached hydrogen (secondary N) is 1. The maximum absolute atomic E-state index is 13.0. The Morgan fingerprint density at radius 1 is 1.16 bits per heavy atom. The van der Waals surface area contributed by atoms with Gasteiger partial charge in [-0.1, -0.05) is 0 Å². The summed E-state index contributed by atoms with van der Waals surface area (Å²) in [5.41, 5.74) is 0.158. The standard InChI is InChI=1S/C12H9F3N4/c13-12(14,15)10-8-5-17-6-9(8)18-11(19-10)7-2-1-3-16-4-7/h1-4,17H,5-6H2. The van der Waals surface area contributed by atoms with E-state index in [2.05, 4.69) is 20.3 Å². The van der Waals surface area contributed by atoms with Crippen LogP contribution in [0.15, 0.2) is 24.5 Å². The Kier molecular flexibility index (Phi) is 2.70. The number of hydrogen-bond acceptors (Lipinski definition) is 4. The molecule has 0 spiro atoms. The minimum atomic E-state index is -4.48. The second kappa shape index (κ2) is 4.27. The lowest BCUT2D eigenvalue weighted by atomic mass is 10.1. The van der Waals surface area contributed by atoms with E-state index in [1.807, 2.05) is 0 Å². The van der Waals surface area contributed by atoms with Crippen LogP contribution in [-0.2, 0) is 19.3 Å². The molecule has 3 heterocycles. The van der Waals surface area contributed by atoms with Crippen molar-refractivity contribution in [1.82, 2.24) is 20.3 Å². The summed E-state index contributed by atoms with van der Waals surface area (Å²) in [6, 6.07) is 3.27. The third-order valence-corrected chi connectivity index (χ3v) is 2.88. The maximum Gasteiger partial charge on any atom is 0.433 e. The van der Waals surface area contributed by atoms with Crippen molar-refractivity contribution in [2.45, 2.75) is 19.3 Å². The van der Waals surface area contributed by atoms with E-state index in [0.29, 0.717) is 17.8 Å². The zero-order valence-corrected chi connectivity index (χ0v) is 9.70. The van der Waals surface area contributed by atoms with Crippen molar-refractivity contribution in [3.05, 3.63) is 41.5 Å². The fourth-order valence-electron chi connectivity index (χ4n) is 2.03. The molecule has 0 aromatic carbocycles. The van der Waals surface area contributed by atoms with Crippen LogP contribution in [0.5, 0.6) is 0 Å². The lowest BCUT2D eigenvalue weighted by Gasteiger charge is -2.12. The summed E-state index contributed by atoms with van der Waals surface area (Å²) in [6.45, 7) is 0.478. The average Bonchev–Trinajstić information content (AvgIpc) is 2.85. The summed E-state index contributed by atoms with van der Waals surface area (Å²) in [4.78, 5) is 11.7. The first kappa shape index (κ1) is 12.0. The fraction of sp³-hybridized carbons (Fsp3) is 0.250. The Morgan fingerprint density at radius 2 is 2.00 bits per heavy atom. The maximum atomic E-state index is 13.0. The molecule has 0 bridgehead atoms. The first-order chi connectivity index (χ1) is 9.05. The van der Waals surface area contributed by atoms with E-state index in [1.165, 1.54) is 6.20 Å². The van der Waals surface area contributed by atoms with Crippen LogP contribution in [0.3, 0.4) is 0 Å². The molecule has 0 atom stereocenters. The number of rotatable bonds is 1. The van der Waals surface area contributed by atoms with Crippen molar-refractivity contribution in [3.63, 3.8) is 0 Å². The van der Waals surface area contributed by atoms with Crippen molar-refractivity contribution in [3.8, 4) is 11.4 Å². The van der Waals surface area contributed by atoms with Crippen LogP contribution in [0, 0.1) is 0 Å². The van der Waals surface area contributed by atoms with Crippen LogP contribution in [0.1, 0.15) is 17.0 Å². The molecule has 1 aliphatic heterocycles. The summed E-state index contributed by atoms with van der Waals surface area (Å²) in [5.74, 6) is 0.0582. The van der Waals surface area contributed by atoms with Gasteiger partial charge in [-0.05, 0) is 12.1 Å². The number of fused-ring (bicyclic) bond motifs is 1. The Hall–Kier alpha value is -2.02. The van der Waals surface area contributed by atoms with E-state index in [0.717, 1.165) is 0 Å². The second-order valence-electron chi connectivity index (χ2n) is 4.16. The molecule has 3 rings (SSSR count). The van der Waals surface area contributed by atoms with Crippen molar-refractivity contribution >= 4 is 0 Å². The molecule has 19 heavy (non-hydrogen) atoms. The van der Waals surface area contributed by atoms with Crippen LogP contribution in [-0.4, -0.2) is 15.0 Å². The van der Waals surface area contributed by atoms with E-state index in [-0.39, 0.29) is 17.9 Å². The molecule has 4 nitrogen and oxygen atoms in total. The van der Waals surface area contributed by atoms with E-state index in [1.54, 1.807) is 18.3 Å². The summed E-state index contributed by atoms with van der Waals surface area (Å²) in [6.07, 6.45) is -1.48. The number of hydrogen-bond donors (Lipinski definition) is 1. The highest BCUT2D eigenvalue weighted by molar-refractivity contribution is 5.54. The third kappa shape index (κ3) is 2.17. The number of aromatic nitrogens is 3. The largest absolute Gasteiger partial charge is 0.433 e.